The van der Waals surface area contributed by atoms with Crippen LogP contribution in [-0.4, -0.2) is 31.0 Å². The average molecular weight is 195 g/mol. The van der Waals surface area contributed by atoms with Gasteiger partial charge in [-0.05, 0) is 12.1 Å². The predicted octanol–water partition coefficient (Wildman–Crippen LogP) is 0.446. The molecular formula is C9H9NO4. The van der Waals surface area contributed by atoms with Gasteiger partial charge < -0.3 is 9.47 Å². The van der Waals surface area contributed by atoms with Gasteiger partial charge in [0, 0.05) is 0 Å². The number of methoxy groups -OCH3 is 1. The van der Waals surface area contributed by atoms with Gasteiger partial charge in [0.2, 0.25) is 0 Å². The van der Waals surface area contributed by atoms with E-state index in [2.05, 4.69) is 9.72 Å². The number of nitrogens with zero attached hydrogens (tertiary/aromatic N) is 1. The fourth-order valence-electron chi connectivity index (χ4n) is 0.748. The summed E-state index contributed by atoms with van der Waals surface area (Å²) in [5.41, 5.74) is 0.315. The Bertz CT molecular complexity index is 320. The normalized spacial score (nSPS) is 9.21. The highest BCUT2D eigenvalue weighted by molar-refractivity contribution is 5.72. The van der Waals surface area contributed by atoms with Crippen molar-refractivity contribution < 1.29 is 19.1 Å². The molecule has 1 aromatic rings. The third-order valence-corrected chi connectivity index (χ3v) is 1.46. The highest BCUT2D eigenvalue weighted by atomic mass is 16.6. The van der Waals surface area contributed by atoms with E-state index < -0.39 is 5.97 Å². The van der Waals surface area contributed by atoms with E-state index in [-0.39, 0.29) is 6.61 Å². The number of ether oxygens (including phenoxy) is 2. The molecule has 0 amide bonds. The van der Waals surface area contributed by atoms with Crippen LogP contribution in [0.3, 0.4) is 0 Å². The van der Waals surface area contributed by atoms with Crippen LogP contribution in [0.1, 0.15) is 10.5 Å². The Hall–Kier alpha value is -1.91. The molecule has 0 spiro atoms. The van der Waals surface area contributed by atoms with Crippen molar-refractivity contribution in [3.8, 4) is 5.75 Å². The van der Waals surface area contributed by atoms with Gasteiger partial charge in [0.05, 0.1) is 13.3 Å². The van der Waals surface area contributed by atoms with Gasteiger partial charge in [-0.25, -0.2) is 9.78 Å². The summed E-state index contributed by atoms with van der Waals surface area (Å²) in [5.74, 6) is -0.0505. The Morgan fingerprint density at radius 3 is 2.86 bits per heavy atom. The predicted molar refractivity (Wildman–Crippen MR) is 47.1 cm³/mol. The number of hydrogen-bond acceptors (Lipinski definition) is 5. The molecular weight excluding hydrogens is 186 g/mol. The van der Waals surface area contributed by atoms with Gasteiger partial charge in [-0.2, -0.15) is 0 Å². The molecule has 0 N–H and O–H groups in total. The van der Waals surface area contributed by atoms with Gasteiger partial charge in [0.25, 0.3) is 0 Å². The van der Waals surface area contributed by atoms with Crippen molar-refractivity contribution in [3.63, 3.8) is 0 Å². The summed E-state index contributed by atoms with van der Waals surface area (Å²) in [6.45, 7) is -0.168. The zero-order valence-electron chi connectivity index (χ0n) is 7.60. The van der Waals surface area contributed by atoms with Crippen LogP contribution in [-0.2, 0) is 9.53 Å². The minimum atomic E-state index is -0.468. The van der Waals surface area contributed by atoms with Crippen LogP contribution in [0.5, 0.6) is 5.75 Å². The number of aldehydes is 1. The molecule has 0 fully saturated rings. The Kier molecular flexibility index (Phi) is 3.60. The smallest absolute Gasteiger partial charge is 0.343 e. The van der Waals surface area contributed by atoms with Crippen LogP contribution in [0.2, 0.25) is 0 Å². The maximum Gasteiger partial charge on any atom is 0.343 e. The number of hydrogen-bond donors (Lipinski definition) is 0. The van der Waals surface area contributed by atoms with Crippen LogP contribution >= 0.6 is 0 Å². The first kappa shape index (κ1) is 10.2. The van der Waals surface area contributed by atoms with Gasteiger partial charge >= 0.3 is 5.97 Å². The van der Waals surface area contributed by atoms with Gasteiger partial charge in [-0.3, -0.25) is 4.79 Å². The van der Waals surface area contributed by atoms with E-state index in [0.29, 0.717) is 17.7 Å². The van der Waals surface area contributed by atoms with Crippen molar-refractivity contribution in [1.82, 2.24) is 4.98 Å². The molecule has 0 aliphatic rings. The fraction of sp³-hybridized carbons (Fsp3) is 0.222. The zero-order chi connectivity index (χ0) is 10.4. The monoisotopic (exact) mass is 195 g/mol. The van der Waals surface area contributed by atoms with E-state index >= 15 is 0 Å². The second-order valence-electron chi connectivity index (χ2n) is 2.40. The number of pyridine rings is 1. The molecule has 14 heavy (non-hydrogen) atoms. The molecule has 0 atom stereocenters. The topological polar surface area (TPSA) is 65.5 Å². The molecule has 0 aliphatic carbocycles. The molecule has 1 rings (SSSR count). The molecule has 0 saturated carbocycles. The van der Waals surface area contributed by atoms with Crippen molar-refractivity contribution in [2.75, 3.05) is 13.7 Å². The maximum atomic E-state index is 10.7. The van der Waals surface area contributed by atoms with E-state index in [1.54, 1.807) is 6.07 Å². The second kappa shape index (κ2) is 4.96. The SMILES string of the molecule is COC(=O)COc1ccc(C=O)nc1. The number of carbonyl (C=O) groups excluding carboxylic acids is 2. The second-order valence-corrected chi connectivity index (χ2v) is 2.40. The Morgan fingerprint density at radius 1 is 1.57 bits per heavy atom. The number of rotatable bonds is 4. The maximum absolute atomic E-state index is 10.7. The number of carbonyl (C=O) groups is 2. The van der Waals surface area contributed by atoms with Crippen LogP contribution in [0.4, 0.5) is 0 Å². The summed E-state index contributed by atoms with van der Waals surface area (Å²) in [6.07, 6.45) is 2.00. The molecule has 0 aromatic carbocycles. The van der Waals surface area contributed by atoms with E-state index in [1.165, 1.54) is 19.4 Å². The molecule has 74 valence electrons. The molecule has 1 heterocycles. The van der Waals surface area contributed by atoms with E-state index in [4.69, 9.17) is 4.74 Å². The zero-order valence-corrected chi connectivity index (χ0v) is 7.60. The molecule has 0 aliphatic heterocycles. The first-order valence-corrected chi connectivity index (χ1v) is 3.87. The molecule has 1 aromatic heterocycles. The summed E-state index contributed by atoms with van der Waals surface area (Å²) in [6, 6.07) is 3.05. The Morgan fingerprint density at radius 2 is 2.36 bits per heavy atom. The Labute approximate surface area is 80.7 Å². The van der Waals surface area contributed by atoms with Crippen LogP contribution in [0.25, 0.3) is 0 Å². The molecule has 5 nitrogen and oxygen atoms in total. The molecule has 0 radical (unpaired) electrons. The lowest BCUT2D eigenvalue weighted by atomic mass is 10.4. The van der Waals surface area contributed by atoms with Crippen LogP contribution in [0.15, 0.2) is 18.3 Å². The van der Waals surface area contributed by atoms with Crippen molar-refractivity contribution in [3.05, 3.63) is 24.0 Å². The fourth-order valence-corrected chi connectivity index (χ4v) is 0.748. The summed E-state index contributed by atoms with van der Waals surface area (Å²) >= 11 is 0. The first-order chi connectivity index (χ1) is 6.76. The van der Waals surface area contributed by atoms with Crippen LogP contribution < -0.4 is 4.74 Å². The lowest BCUT2D eigenvalue weighted by Crippen LogP contribution is -2.12. The van der Waals surface area contributed by atoms with Gasteiger partial charge in [-0.15, -0.1) is 0 Å². The summed E-state index contributed by atoms with van der Waals surface area (Å²) < 4.78 is 9.38. The summed E-state index contributed by atoms with van der Waals surface area (Å²) in [4.78, 5) is 24.7. The number of esters is 1. The quantitative estimate of drug-likeness (QED) is 0.515. The summed E-state index contributed by atoms with van der Waals surface area (Å²) in [5, 5.41) is 0. The van der Waals surface area contributed by atoms with Gasteiger partial charge in [0.15, 0.2) is 12.9 Å². The van der Waals surface area contributed by atoms with Crippen molar-refractivity contribution >= 4 is 12.3 Å². The standard InChI is InChI=1S/C9H9NO4/c1-13-9(12)6-14-8-3-2-7(5-11)10-4-8/h2-5H,6H2,1H3. The van der Waals surface area contributed by atoms with Crippen LogP contribution in [0, 0.1) is 0 Å². The van der Waals surface area contributed by atoms with Crippen molar-refractivity contribution in [2.45, 2.75) is 0 Å². The third kappa shape index (κ3) is 2.85. The molecule has 0 saturated heterocycles. The van der Waals surface area contributed by atoms with Crippen molar-refractivity contribution in [1.29, 1.82) is 0 Å². The van der Waals surface area contributed by atoms with Gasteiger partial charge in [-0.1, -0.05) is 0 Å². The van der Waals surface area contributed by atoms with Crippen molar-refractivity contribution in [2.24, 2.45) is 0 Å². The summed E-state index contributed by atoms with van der Waals surface area (Å²) in [7, 11) is 1.28. The van der Waals surface area contributed by atoms with E-state index in [9.17, 15) is 9.59 Å². The molecule has 0 bridgehead atoms. The Balaban J connectivity index is 2.51. The van der Waals surface area contributed by atoms with Gasteiger partial charge in [0.1, 0.15) is 11.4 Å². The average Bonchev–Trinajstić information content (AvgIpc) is 2.26. The first-order valence-electron chi connectivity index (χ1n) is 3.87. The molecule has 0 unspecified atom stereocenters. The van der Waals surface area contributed by atoms with E-state index in [1.807, 2.05) is 0 Å². The minimum absolute atomic E-state index is 0.168. The number of aromatic nitrogens is 1. The lowest BCUT2D eigenvalue weighted by molar-refractivity contribution is -0.142. The highest BCUT2D eigenvalue weighted by Gasteiger charge is 2.01. The van der Waals surface area contributed by atoms with E-state index in [0.717, 1.165) is 0 Å². The largest absolute Gasteiger partial charge is 0.480 e. The lowest BCUT2D eigenvalue weighted by Gasteiger charge is -2.03. The molecule has 5 heteroatoms. The highest BCUT2D eigenvalue weighted by Crippen LogP contribution is 2.07. The third-order valence-electron chi connectivity index (χ3n) is 1.46. The minimum Gasteiger partial charge on any atom is -0.480 e.